The summed E-state index contributed by atoms with van der Waals surface area (Å²) in [4.78, 5) is 7.86. The van der Waals surface area contributed by atoms with Gasteiger partial charge in [0.25, 0.3) is 0 Å². The van der Waals surface area contributed by atoms with E-state index < -0.39 is 0 Å². The molecule has 1 rings (SSSR count). The zero-order valence-corrected chi connectivity index (χ0v) is 9.07. The highest BCUT2D eigenvalue weighted by Crippen LogP contribution is 2.10. The second-order valence-corrected chi connectivity index (χ2v) is 3.29. The first-order chi connectivity index (χ1) is 7.36. The fraction of sp³-hybridized carbons (Fsp3) is 0.600. The Labute approximate surface area is 90.0 Å². The molecule has 0 aromatic carbocycles. The molecule has 0 atom stereocenters. The molecule has 0 unspecified atom stereocenters. The summed E-state index contributed by atoms with van der Waals surface area (Å²) in [5.41, 5.74) is 2.45. The molecule has 0 aliphatic heterocycles. The molecule has 0 spiro atoms. The maximum Gasteiger partial charge on any atom is 0.218 e. The van der Waals surface area contributed by atoms with Gasteiger partial charge in [-0.1, -0.05) is 26.2 Å². The van der Waals surface area contributed by atoms with Crippen LogP contribution in [-0.4, -0.2) is 16.6 Å². The average molecular weight is 210 g/mol. The highest BCUT2D eigenvalue weighted by molar-refractivity contribution is 5.35. The third kappa shape index (κ3) is 4.60. The molecular formula is C10H18N4O. The van der Waals surface area contributed by atoms with Gasteiger partial charge in [0.2, 0.25) is 5.88 Å². The van der Waals surface area contributed by atoms with Crippen LogP contribution in [0.5, 0.6) is 5.88 Å². The molecule has 0 saturated heterocycles. The summed E-state index contributed by atoms with van der Waals surface area (Å²) in [6, 6.07) is 1.68. The Bertz CT molecular complexity index is 280. The highest BCUT2D eigenvalue weighted by Gasteiger charge is 1.97. The minimum Gasteiger partial charge on any atom is -0.478 e. The number of unbranched alkanes of at least 4 members (excludes halogenated alkanes) is 3. The number of nitrogens with one attached hydrogen (secondary N) is 1. The van der Waals surface area contributed by atoms with Crippen molar-refractivity contribution >= 4 is 5.82 Å². The molecule has 1 aromatic heterocycles. The summed E-state index contributed by atoms with van der Waals surface area (Å²) in [5.74, 6) is 6.35. The van der Waals surface area contributed by atoms with Crippen molar-refractivity contribution in [3.8, 4) is 5.88 Å². The number of ether oxygens (including phenoxy) is 1. The van der Waals surface area contributed by atoms with Gasteiger partial charge in [-0.05, 0) is 6.42 Å². The van der Waals surface area contributed by atoms with Gasteiger partial charge >= 0.3 is 0 Å². The molecule has 3 N–H and O–H groups in total. The zero-order valence-electron chi connectivity index (χ0n) is 9.07. The molecule has 0 aliphatic carbocycles. The van der Waals surface area contributed by atoms with Crippen molar-refractivity contribution in [2.45, 2.75) is 32.6 Å². The molecular weight excluding hydrogens is 192 g/mol. The molecule has 0 bridgehead atoms. The molecule has 5 nitrogen and oxygen atoms in total. The summed E-state index contributed by atoms with van der Waals surface area (Å²) < 4.78 is 5.45. The number of rotatable bonds is 7. The monoisotopic (exact) mass is 210 g/mol. The average Bonchev–Trinajstić information content (AvgIpc) is 2.29. The van der Waals surface area contributed by atoms with Gasteiger partial charge in [-0.15, -0.1) is 0 Å². The Kier molecular flexibility index (Phi) is 5.47. The number of nitrogen functional groups attached to an aromatic ring is 1. The van der Waals surface area contributed by atoms with Gasteiger partial charge < -0.3 is 10.2 Å². The Balaban J connectivity index is 2.24. The smallest absolute Gasteiger partial charge is 0.218 e. The van der Waals surface area contributed by atoms with E-state index in [1.54, 1.807) is 6.07 Å². The number of hydrazine groups is 1. The number of anilines is 1. The highest BCUT2D eigenvalue weighted by atomic mass is 16.5. The van der Waals surface area contributed by atoms with Gasteiger partial charge in [-0.25, -0.2) is 15.8 Å². The fourth-order valence-electron chi connectivity index (χ4n) is 1.20. The second kappa shape index (κ2) is 7.00. The Morgan fingerprint density at radius 2 is 2.20 bits per heavy atom. The van der Waals surface area contributed by atoms with Crippen LogP contribution in [0, 0.1) is 0 Å². The largest absolute Gasteiger partial charge is 0.478 e. The van der Waals surface area contributed by atoms with Crippen molar-refractivity contribution in [2.75, 3.05) is 12.0 Å². The van der Waals surface area contributed by atoms with Gasteiger partial charge in [-0.3, -0.25) is 0 Å². The predicted molar refractivity (Wildman–Crippen MR) is 59.5 cm³/mol. The molecule has 0 radical (unpaired) electrons. The first-order valence-corrected chi connectivity index (χ1v) is 5.28. The number of hydrogen-bond acceptors (Lipinski definition) is 5. The van der Waals surface area contributed by atoms with Crippen molar-refractivity contribution in [3.63, 3.8) is 0 Å². The van der Waals surface area contributed by atoms with Gasteiger partial charge in [-0.2, -0.15) is 0 Å². The van der Waals surface area contributed by atoms with Gasteiger partial charge in [0.15, 0.2) is 0 Å². The second-order valence-electron chi connectivity index (χ2n) is 3.29. The van der Waals surface area contributed by atoms with Crippen LogP contribution >= 0.6 is 0 Å². The third-order valence-electron chi connectivity index (χ3n) is 2.04. The molecule has 0 saturated carbocycles. The van der Waals surface area contributed by atoms with Crippen molar-refractivity contribution in [1.29, 1.82) is 0 Å². The van der Waals surface area contributed by atoms with E-state index in [1.807, 2.05) is 0 Å². The molecule has 1 aromatic rings. The molecule has 0 amide bonds. The maximum atomic E-state index is 5.45. The molecule has 0 aliphatic rings. The van der Waals surface area contributed by atoms with E-state index >= 15 is 0 Å². The Morgan fingerprint density at radius 3 is 2.93 bits per heavy atom. The summed E-state index contributed by atoms with van der Waals surface area (Å²) in [6.07, 6.45) is 6.17. The van der Waals surface area contributed by atoms with Crippen LogP contribution in [-0.2, 0) is 0 Å². The molecule has 0 fully saturated rings. The van der Waals surface area contributed by atoms with Crippen LogP contribution in [0.3, 0.4) is 0 Å². The first-order valence-electron chi connectivity index (χ1n) is 5.28. The van der Waals surface area contributed by atoms with Crippen molar-refractivity contribution in [3.05, 3.63) is 12.4 Å². The zero-order chi connectivity index (χ0) is 10.9. The SMILES string of the molecule is CCCCCCOc1cc(NN)ncn1. The summed E-state index contributed by atoms with van der Waals surface area (Å²) >= 11 is 0. The number of nitrogens with two attached hydrogens (primary N) is 1. The molecule has 1 heterocycles. The van der Waals surface area contributed by atoms with Crippen molar-refractivity contribution in [1.82, 2.24) is 9.97 Å². The predicted octanol–water partition coefficient (Wildman–Crippen LogP) is 1.72. The van der Waals surface area contributed by atoms with Crippen LogP contribution in [0.15, 0.2) is 12.4 Å². The number of nitrogens with zero attached hydrogens (tertiary/aromatic N) is 2. The summed E-state index contributed by atoms with van der Waals surface area (Å²) in [5, 5.41) is 0. The van der Waals surface area contributed by atoms with Crippen LogP contribution in [0.2, 0.25) is 0 Å². The van der Waals surface area contributed by atoms with Gasteiger partial charge in [0.05, 0.1) is 6.61 Å². The Morgan fingerprint density at radius 1 is 1.33 bits per heavy atom. The minimum absolute atomic E-state index is 0.563. The van der Waals surface area contributed by atoms with Gasteiger partial charge in [0, 0.05) is 6.07 Å². The molecule has 15 heavy (non-hydrogen) atoms. The summed E-state index contributed by atoms with van der Waals surface area (Å²) in [6.45, 7) is 2.88. The van der Waals surface area contributed by atoms with E-state index in [9.17, 15) is 0 Å². The van der Waals surface area contributed by atoms with E-state index in [2.05, 4.69) is 22.3 Å². The standard InChI is InChI=1S/C10H18N4O/c1-2-3-4-5-6-15-10-7-9(14-11)12-8-13-10/h7-8H,2-6,11H2,1H3,(H,12,13,14). The van der Waals surface area contributed by atoms with E-state index in [4.69, 9.17) is 10.6 Å². The fourth-order valence-corrected chi connectivity index (χ4v) is 1.20. The van der Waals surface area contributed by atoms with Crippen LogP contribution in [0.4, 0.5) is 5.82 Å². The lowest BCUT2D eigenvalue weighted by Crippen LogP contribution is -2.09. The van der Waals surface area contributed by atoms with E-state index in [-0.39, 0.29) is 0 Å². The lowest BCUT2D eigenvalue weighted by molar-refractivity contribution is 0.293. The maximum absolute atomic E-state index is 5.45. The molecule has 84 valence electrons. The normalized spacial score (nSPS) is 10.0. The van der Waals surface area contributed by atoms with E-state index in [1.165, 1.54) is 25.6 Å². The molecule has 5 heteroatoms. The van der Waals surface area contributed by atoms with Crippen molar-refractivity contribution in [2.24, 2.45) is 5.84 Å². The lowest BCUT2D eigenvalue weighted by Gasteiger charge is -2.05. The quantitative estimate of drug-likeness (QED) is 0.407. The lowest BCUT2D eigenvalue weighted by atomic mass is 10.2. The summed E-state index contributed by atoms with van der Waals surface area (Å²) in [7, 11) is 0. The number of hydrogen-bond donors (Lipinski definition) is 2. The topological polar surface area (TPSA) is 73.1 Å². The van der Waals surface area contributed by atoms with Crippen molar-refractivity contribution < 1.29 is 4.74 Å². The first kappa shape index (κ1) is 11.7. The van der Waals surface area contributed by atoms with Crippen LogP contribution < -0.4 is 16.0 Å². The third-order valence-corrected chi connectivity index (χ3v) is 2.04. The number of aromatic nitrogens is 2. The van der Waals surface area contributed by atoms with E-state index in [0.717, 1.165) is 6.42 Å². The Hall–Kier alpha value is -1.36. The van der Waals surface area contributed by atoms with Crippen LogP contribution in [0.25, 0.3) is 0 Å². The van der Waals surface area contributed by atoms with Crippen LogP contribution in [0.1, 0.15) is 32.6 Å². The van der Waals surface area contributed by atoms with Gasteiger partial charge in [0.1, 0.15) is 12.1 Å². The van der Waals surface area contributed by atoms with E-state index in [0.29, 0.717) is 18.3 Å². The minimum atomic E-state index is 0.563.